The predicted molar refractivity (Wildman–Crippen MR) is 57.6 cm³/mol. The van der Waals surface area contributed by atoms with Gasteiger partial charge < -0.3 is 9.84 Å². The highest BCUT2D eigenvalue weighted by atomic mass is 16.5. The van der Waals surface area contributed by atoms with Crippen molar-refractivity contribution in [3.8, 4) is 5.75 Å². The fourth-order valence-corrected chi connectivity index (χ4v) is 1.60. The number of hydrogen-bond donors (Lipinski definition) is 1. The minimum atomic E-state index is -0.0285. The van der Waals surface area contributed by atoms with Crippen LogP contribution in [0.25, 0.3) is 0 Å². The summed E-state index contributed by atoms with van der Waals surface area (Å²) in [6, 6.07) is 3.62. The zero-order chi connectivity index (χ0) is 10.5. The minimum Gasteiger partial charge on any atom is -0.493 e. The van der Waals surface area contributed by atoms with Crippen LogP contribution < -0.4 is 4.74 Å². The standard InChI is InChI=1S/C12H17NO2/c14-9-11-8-12(5-6-13-11)15-7-1-2-10-3-4-10/h5-6,8,10,14H,1-4,7,9H2. The third kappa shape index (κ3) is 3.51. The Hall–Kier alpha value is -1.09. The summed E-state index contributed by atoms with van der Waals surface area (Å²) < 4.78 is 5.58. The summed E-state index contributed by atoms with van der Waals surface area (Å²) in [5.41, 5.74) is 0.662. The fraction of sp³-hybridized carbons (Fsp3) is 0.583. The first-order chi connectivity index (χ1) is 7.38. The first-order valence-corrected chi connectivity index (χ1v) is 5.57. The summed E-state index contributed by atoms with van der Waals surface area (Å²) in [5.74, 6) is 1.78. The SMILES string of the molecule is OCc1cc(OCCCC2CC2)ccn1. The van der Waals surface area contributed by atoms with Gasteiger partial charge in [-0.05, 0) is 24.8 Å². The van der Waals surface area contributed by atoms with Gasteiger partial charge in [-0.25, -0.2) is 0 Å². The largest absolute Gasteiger partial charge is 0.493 e. The number of hydrogen-bond acceptors (Lipinski definition) is 3. The molecule has 0 aliphatic heterocycles. The van der Waals surface area contributed by atoms with Crippen LogP contribution in [0.1, 0.15) is 31.4 Å². The van der Waals surface area contributed by atoms with Crippen molar-refractivity contribution in [2.24, 2.45) is 5.92 Å². The van der Waals surface area contributed by atoms with Gasteiger partial charge in [0.2, 0.25) is 0 Å². The lowest BCUT2D eigenvalue weighted by Gasteiger charge is -2.06. The van der Waals surface area contributed by atoms with Crippen LogP contribution in [0.3, 0.4) is 0 Å². The lowest BCUT2D eigenvalue weighted by molar-refractivity contribution is 0.273. The van der Waals surface area contributed by atoms with E-state index in [9.17, 15) is 0 Å². The van der Waals surface area contributed by atoms with Gasteiger partial charge in [-0.3, -0.25) is 4.98 Å². The van der Waals surface area contributed by atoms with E-state index in [1.165, 1.54) is 19.3 Å². The van der Waals surface area contributed by atoms with Gasteiger partial charge in [-0.2, -0.15) is 0 Å². The number of aliphatic hydroxyl groups excluding tert-OH is 1. The molecule has 1 N–H and O–H groups in total. The number of pyridine rings is 1. The van der Waals surface area contributed by atoms with Crippen LogP contribution >= 0.6 is 0 Å². The fourth-order valence-electron chi connectivity index (χ4n) is 1.60. The monoisotopic (exact) mass is 207 g/mol. The topological polar surface area (TPSA) is 42.4 Å². The smallest absolute Gasteiger partial charge is 0.122 e. The van der Waals surface area contributed by atoms with E-state index in [-0.39, 0.29) is 6.61 Å². The van der Waals surface area contributed by atoms with Gasteiger partial charge >= 0.3 is 0 Å². The molecule has 0 radical (unpaired) electrons. The molecule has 1 saturated carbocycles. The maximum Gasteiger partial charge on any atom is 0.122 e. The Morgan fingerprint density at radius 2 is 2.33 bits per heavy atom. The van der Waals surface area contributed by atoms with Crippen LogP contribution in [0.15, 0.2) is 18.3 Å². The molecule has 1 aromatic heterocycles. The van der Waals surface area contributed by atoms with E-state index in [1.54, 1.807) is 12.3 Å². The second kappa shape index (κ2) is 5.12. The molecule has 2 rings (SSSR count). The second-order valence-corrected chi connectivity index (χ2v) is 4.08. The van der Waals surface area contributed by atoms with Crippen LogP contribution in [0.2, 0.25) is 0 Å². The van der Waals surface area contributed by atoms with E-state index in [4.69, 9.17) is 9.84 Å². The van der Waals surface area contributed by atoms with Crippen LogP contribution in [-0.2, 0) is 6.61 Å². The average molecular weight is 207 g/mol. The highest BCUT2D eigenvalue weighted by Crippen LogP contribution is 2.33. The highest BCUT2D eigenvalue weighted by molar-refractivity contribution is 5.22. The van der Waals surface area contributed by atoms with E-state index in [0.29, 0.717) is 5.69 Å². The molecule has 3 heteroatoms. The Bertz CT molecular complexity index is 310. The van der Waals surface area contributed by atoms with Crippen molar-refractivity contribution in [2.45, 2.75) is 32.3 Å². The van der Waals surface area contributed by atoms with E-state index >= 15 is 0 Å². The van der Waals surface area contributed by atoms with Crippen molar-refractivity contribution in [2.75, 3.05) is 6.61 Å². The maximum atomic E-state index is 8.90. The van der Waals surface area contributed by atoms with E-state index in [2.05, 4.69) is 4.98 Å². The molecule has 3 nitrogen and oxygen atoms in total. The molecule has 0 saturated heterocycles. The van der Waals surface area contributed by atoms with Gasteiger partial charge in [-0.15, -0.1) is 0 Å². The van der Waals surface area contributed by atoms with Crippen molar-refractivity contribution in [1.82, 2.24) is 4.98 Å². The second-order valence-electron chi connectivity index (χ2n) is 4.08. The Morgan fingerprint density at radius 3 is 3.07 bits per heavy atom. The van der Waals surface area contributed by atoms with Gasteiger partial charge in [0.05, 0.1) is 18.9 Å². The van der Waals surface area contributed by atoms with E-state index < -0.39 is 0 Å². The lowest BCUT2D eigenvalue weighted by atomic mass is 10.2. The Morgan fingerprint density at radius 1 is 1.47 bits per heavy atom. The van der Waals surface area contributed by atoms with Crippen LogP contribution in [-0.4, -0.2) is 16.7 Å². The summed E-state index contributed by atoms with van der Waals surface area (Å²) in [5, 5.41) is 8.90. The van der Waals surface area contributed by atoms with Crippen molar-refractivity contribution in [1.29, 1.82) is 0 Å². The number of aromatic nitrogens is 1. The van der Waals surface area contributed by atoms with Crippen molar-refractivity contribution in [3.63, 3.8) is 0 Å². The Kier molecular flexibility index (Phi) is 3.56. The Balaban J connectivity index is 1.71. The summed E-state index contributed by atoms with van der Waals surface area (Å²) in [6.45, 7) is 0.741. The first kappa shape index (κ1) is 10.4. The summed E-state index contributed by atoms with van der Waals surface area (Å²) in [7, 11) is 0. The quantitative estimate of drug-likeness (QED) is 0.727. The third-order valence-corrected chi connectivity index (χ3v) is 2.67. The third-order valence-electron chi connectivity index (χ3n) is 2.67. The first-order valence-electron chi connectivity index (χ1n) is 5.57. The molecule has 0 atom stereocenters. The summed E-state index contributed by atoms with van der Waals surface area (Å²) in [6.07, 6.45) is 6.90. The van der Waals surface area contributed by atoms with Crippen molar-refractivity contribution in [3.05, 3.63) is 24.0 Å². The lowest BCUT2D eigenvalue weighted by Crippen LogP contribution is -1.99. The molecule has 1 aliphatic rings. The highest BCUT2D eigenvalue weighted by Gasteiger charge is 2.20. The van der Waals surface area contributed by atoms with E-state index in [0.717, 1.165) is 24.7 Å². The zero-order valence-corrected chi connectivity index (χ0v) is 8.85. The molecular weight excluding hydrogens is 190 g/mol. The molecule has 0 unspecified atom stereocenters. The number of ether oxygens (including phenoxy) is 1. The molecule has 0 spiro atoms. The van der Waals surface area contributed by atoms with Crippen LogP contribution in [0.4, 0.5) is 0 Å². The summed E-state index contributed by atoms with van der Waals surface area (Å²) in [4.78, 5) is 3.99. The van der Waals surface area contributed by atoms with Crippen LogP contribution in [0, 0.1) is 5.92 Å². The van der Waals surface area contributed by atoms with Gasteiger partial charge in [0, 0.05) is 12.3 Å². The minimum absolute atomic E-state index is 0.0285. The number of rotatable bonds is 6. The van der Waals surface area contributed by atoms with Crippen molar-refractivity contribution >= 4 is 0 Å². The summed E-state index contributed by atoms with van der Waals surface area (Å²) >= 11 is 0. The van der Waals surface area contributed by atoms with Gasteiger partial charge in [0.15, 0.2) is 0 Å². The average Bonchev–Trinajstić information content (AvgIpc) is 3.09. The molecule has 0 amide bonds. The van der Waals surface area contributed by atoms with Gasteiger partial charge in [0.1, 0.15) is 5.75 Å². The molecule has 1 aromatic rings. The molecule has 0 aromatic carbocycles. The zero-order valence-electron chi connectivity index (χ0n) is 8.85. The molecule has 1 heterocycles. The molecule has 1 fully saturated rings. The molecule has 1 aliphatic carbocycles. The van der Waals surface area contributed by atoms with E-state index in [1.807, 2.05) is 6.07 Å². The molecule has 82 valence electrons. The Labute approximate surface area is 90.1 Å². The number of aliphatic hydroxyl groups is 1. The molecule has 15 heavy (non-hydrogen) atoms. The molecule has 0 bridgehead atoms. The molecular formula is C12H17NO2. The van der Waals surface area contributed by atoms with Gasteiger partial charge in [-0.1, -0.05) is 12.8 Å². The maximum absolute atomic E-state index is 8.90. The van der Waals surface area contributed by atoms with Gasteiger partial charge in [0.25, 0.3) is 0 Å². The van der Waals surface area contributed by atoms with Crippen LogP contribution in [0.5, 0.6) is 5.75 Å². The number of nitrogens with zero attached hydrogens (tertiary/aromatic N) is 1. The van der Waals surface area contributed by atoms with Crippen molar-refractivity contribution < 1.29 is 9.84 Å². The predicted octanol–water partition coefficient (Wildman–Crippen LogP) is 2.14. The normalized spacial score (nSPS) is 15.3.